The lowest BCUT2D eigenvalue weighted by molar-refractivity contribution is 0.292. The number of ether oxygens (including phenoxy) is 2. The van der Waals surface area contributed by atoms with Crippen LogP contribution in [0.4, 0.5) is 8.78 Å². The third-order valence-electron chi connectivity index (χ3n) is 5.26. The first-order valence-corrected chi connectivity index (χ1v) is 10.8. The zero-order valence-electron chi connectivity index (χ0n) is 17.4. The van der Waals surface area contributed by atoms with Crippen molar-refractivity contribution in [1.82, 2.24) is 0 Å². The standard InChI is InChI=1S/C25H30F2O2/c1-3-5-7-9-17-29-23-15-13-19-18-12-14-22(28-16-8-6-4-2)24(26)20(18)10-11-21(19)25(23)27/h10-15H,3-9,16-17H2,1-2H3. The van der Waals surface area contributed by atoms with Gasteiger partial charge in [-0.05, 0) is 47.9 Å². The summed E-state index contributed by atoms with van der Waals surface area (Å²) in [5.41, 5.74) is 0. The van der Waals surface area contributed by atoms with Crippen molar-refractivity contribution >= 4 is 21.5 Å². The van der Waals surface area contributed by atoms with E-state index in [1.807, 2.05) is 6.07 Å². The molecule has 3 aromatic carbocycles. The average molecular weight is 401 g/mol. The number of benzene rings is 3. The number of unbranched alkanes of at least 4 members (excludes halogenated alkanes) is 5. The first-order valence-electron chi connectivity index (χ1n) is 10.8. The summed E-state index contributed by atoms with van der Waals surface area (Å²) in [6.07, 6.45) is 7.35. The van der Waals surface area contributed by atoms with Crippen LogP contribution < -0.4 is 9.47 Å². The Morgan fingerprint density at radius 1 is 0.552 bits per heavy atom. The first kappa shape index (κ1) is 21.4. The lowest BCUT2D eigenvalue weighted by Crippen LogP contribution is -2.00. The number of hydrogen-bond acceptors (Lipinski definition) is 2. The molecule has 0 aliphatic carbocycles. The van der Waals surface area contributed by atoms with Gasteiger partial charge >= 0.3 is 0 Å². The van der Waals surface area contributed by atoms with E-state index in [9.17, 15) is 8.78 Å². The molecule has 0 fully saturated rings. The molecule has 0 N–H and O–H groups in total. The molecular weight excluding hydrogens is 370 g/mol. The van der Waals surface area contributed by atoms with Gasteiger partial charge in [0.15, 0.2) is 23.1 Å². The highest BCUT2D eigenvalue weighted by molar-refractivity contribution is 6.08. The van der Waals surface area contributed by atoms with Gasteiger partial charge in [-0.15, -0.1) is 0 Å². The Bertz CT molecular complexity index is 953. The Labute approximate surface area is 171 Å². The summed E-state index contributed by atoms with van der Waals surface area (Å²) in [6.45, 7) is 5.27. The van der Waals surface area contributed by atoms with Gasteiger partial charge in [-0.1, -0.05) is 58.1 Å². The normalized spacial score (nSPS) is 11.3. The summed E-state index contributed by atoms with van der Waals surface area (Å²) in [4.78, 5) is 0. The summed E-state index contributed by atoms with van der Waals surface area (Å²) >= 11 is 0. The van der Waals surface area contributed by atoms with Crippen molar-refractivity contribution in [3.8, 4) is 11.5 Å². The number of hydrogen-bond donors (Lipinski definition) is 0. The van der Waals surface area contributed by atoms with Gasteiger partial charge < -0.3 is 9.47 Å². The molecule has 0 unspecified atom stereocenters. The molecule has 3 aromatic rings. The van der Waals surface area contributed by atoms with Crippen molar-refractivity contribution < 1.29 is 18.3 Å². The highest BCUT2D eigenvalue weighted by Gasteiger charge is 2.15. The van der Waals surface area contributed by atoms with Crippen LogP contribution >= 0.6 is 0 Å². The quantitative estimate of drug-likeness (QED) is 0.241. The third kappa shape index (κ3) is 4.98. The van der Waals surface area contributed by atoms with E-state index in [4.69, 9.17) is 9.47 Å². The minimum Gasteiger partial charge on any atom is -0.490 e. The molecular formula is C25H30F2O2. The van der Waals surface area contributed by atoms with Crippen LogP contribution in [0.5, 0.6) is 11.5 Å². The van der Waals surface area contributed by atoms with Gasteiger partial charge in [-0.3, -0.25) is 0 Å². The molecule has 0 bridgehead atoms. The van der Waals surface area contributed by atoms with E-state index in [0.29, 0.717) is 34.8 Å². The molecule has 2 nitrogen and oxygen atoms in total. The molecule has 0 amide bonds. The maximum absolute atomic E-state index is 14.9. The molecule has 0 aliphatic rings. The molecule has 156 valence electrons. The fourth-order valence-electron chi connectivity index (χ4n) is 3.58. The van der Waals surface area contributed by atoms with E-state index < -0.39 is 5.82 Å². The minimum atomic E-state index is -0.391. The summed E-state index contributed by atoms with van der Waals surface area (Å²) in [7, 11) is 0. The Hall–Kier alpha value is -2.36. The van der Waals surface area contributed by atoms with Crippen LogP contribution in [0.3, 0.4) is 0 Å². The molecule has 0 saturated heterocycles. The van der Waals surface area contributed by atoms with Gasteiger partial charge in [-0.25, -0.2) is 8.78 Å². The number of fused-ring (bicyclic) bond motifs is 3. The second-order valence-electron chi connectivity index (χ2n) is 7.48. The van der Waals surface area contributed by atoms with Crippen molar-refractivity contribution in [3.63, 3.8) is 0 Å². The SMILES string of the molecule is CCCCCCOc1ccc2c(ccc3c(F)c(OCCCCC)ccc32)c1F. The topological polar surface area (TPSA) is 18.5 Å². The molecule has 0 spiro atoms. The summed E-state index contributed by atoms with van der Waals surface area (Å²) in [5.74, 6) is -0.275. The molecule has 0 aromatic heterocycles. The van der Waals surface area contributed by atoms with Crippen molar-refractivity contribution in [2.24, 2.45) is 0 Å². The summed E-state index contributed by atoms with van der Waals surface area (Å²) in [6, 6.07) is 10.1. The number of rotatable bonds is 11. The molecule has 0 radical (unpaired) electrons. The van der Waals surface area contributed by atoms with Gasteiger partial charge in [0.05, 0.1) is 13.2 Å². The summed E-state index contributed by atoms with van der Waals surface area (Å²) in [5, 5.41) is 2.24. The van der Waals surface area contributed by atoms with E-state index in [0.717, 1.165) is 44.9 Å². The van der Waals surface area contributed by atoms with E-state index in [-0.39, 0.29) is 17.3 Å². The second-order valence-corrected chi connectivity index (χ2v) is 7.48. The molecule has 4 heteroatoms. The van der Waals surface area contributed by atoms with Crippen molar-refractivity contribution in [2.75, 3.05) is 13.2 Å². The zero-order valence-corrected chi connectivity index (χ0v) is 17.4. The Morgan fingerprint density at radius 2 is 0.966 bits per heavy atom. The molecule has 3 rings (SSSR count). The smallest absolute Gasteiger partial charge is 0.172 e. The maximum atomic E-state index is 14.9. The largest absolute Gasteiger partial charge is 0.490 e. The predicted molar refractivity (Wildman–Crippen MR) is 116 cm³/mol. The van der Waals surface area contributed by atoms with E-state index in [1.165, 1.54) is 0 Å². The van der Waals surface area contributed by atoms with E-state index in [2.05, 4.69) is 13.8 Å². The molecule has 0 aliphatic heterocycles. The zero-order chi connectivity index (χ0) is 20.6. The van der Waals surface area contributed by atoms with E-state index >= 15 is 0 Å². The van der Waals surface area contributed by atoms with Gasteiger partial charge in [0, 0.05) is 10.8 Å². The monoisotopic (exact) mass is 400 g/mol. The van der Waals surface area contributed by atoms with Crippen LogP contribution in [-0.4, -0.2) is 13.2 Å². The van der Waals surface area contributed by atoms with Crippen LogP contribution in [0.2, 0.25) is 0 Å². The Balaban J connectivity index is 1.83. The fraction of sp³-hybridized carbons (Fsp3) is 0.440. The Kier molecular flexibility index (Phi) is 7.68. The lowest BCUT2D eigenvalue weighted by Gasteiger charge is -2.13. The predicted octanol–water partition coefficient (Wildman–Crippen LogP) is 7.80. The molecule has 29 heavy (non-hydrogen) atoms. The second kappa shape index (κ2) is 10.4. The van der Waals surface area contributed by atoms with Gasteiger partial charge in [-0.2, -0.15) is 0 Å². The summed E-state index contributed by atoms with van der Waals surface area (Å²) < 4.78 is 41.1. The molecule has 0 heterocycles. The van der Waals surface area contributed by atoms with Crippen LogP contribution in [-0.2, 0) is 0 Å². The lowest BCUT2D eigenvalue weighted by atomic mass is 10.0. The third-order valence-corrected chi connectivity index (χ3v) is 5.26. The van der Waals surface area contributed by atoms with Crippen molar-refractivity contribution in [2.45, 2.75) is 58.8 Å². The van der Waals surface area contributed by atoms with Crippen molar-refractivity contribution in [3.05, 3.63) is 48.0 Å². The molecule has 0 saturated carbocycles. The first-order chi connectivity index (χ1) is 14.2. The van der Waals surface area contributed by atoms with Crippen LogP contribution in [0.15, 0.2) is 36.4 Å². The van der Waals surface area contributed by atoms with Gasteiger partial charge in [0.1, 0.15) is 0 Å². The van der Waals surface area contributed by atoms with E-state index in [1.54, 1.807) is 30.3 Å². The Morgan fingerprint density at radius 3 is 1.45 bits per heavy atom. The highest BCUT2D eigenvalue weighted by Crippen LogP contribution is 2.35. The average Bonchev–Trinajstić information content (AvgIpc) is 2.73. The maximum Gasteiger partial charge on any atom is 0.172 e. The van der Waals surface area contributed by atoms with Crippen molar-refractivity contribution in [1.29, 1.82) is 0 Å². The van der Waals surface area contributed by atoms with Crippen LogP contribution in [0, 0.1) is 11.6 Å². The fourth-order valence-corrected chi connectivity index (χ4v) is 3.58. The number of halogens is 2. The minimum absolute atomic E-state index is 0.250. The van der Waals surface area contributed by atoms with Crippen LogP contribution in [0.25, 0.3) is 21.5 Å². The molecule has 0 atom stereocenters. The van der Waals surface area contributed by atoms with Crippen LogP contribution in [0.1, 0.15) is 58.8 Å². The van der Waals surface area contributed by atoms with Gasteiger partial charge in [0.2, 0.25) is 0 Å². The van der Waals surface area contributed by atoms with Gasteiger partial charge in [0.25, 0.3) is 0 Å². The highest BCUT2D eigenvalue weighted by atomic mass is 19.1.